The Morgan fingerprint density at radius 1 is 1.45 bits per heavy atom. The molecule has 0 saturated carbocycles. The zero-order valence-corrected chi connectivity index (χ0v) is 12.0. The van der Waals surface area contributed by atoms with E-state index in [-0.39, 0.29) is 11.9 Å². The van der Waals surface area contributed by atoms with Crippen LogP contribution in [0, 0.1) is 0 Å². The van der Waals surface area contributed by atoms with Gasteiger partial charge in [0.05, 0.1) is 18.6 Å². The topological polar surface area (TPSA) is 67.4 Å². The fourth-order valence-corrected chi connectivity index (χ4v) is 2.96. The van der Waals surface area contributed by atoms with Crippen LogP contribution in [0.15, 0.2) is 17.8 Å². The SMILES string of the molecule is CC(Nc1ncnc2sccc12)C(=O)N1CCOCC1. The van der Waals surface area contributed by atoms with Crippen LogP contribution < -0.4 is 5.32 Å². The van der Waals surface area contributed by atoms with E-state index in [0.717, 1.165) is 10.2 Å². The normalized spacial score (nSPS) is 17.1. The monoisotopic (exact) mass is 292 g/mol. The Kier molecular flexibility index (Phi) is 3.79. The minimum atomic E-state index is -0.314. The number of carbonyl (C=O) groups excluding carboxylic acids is 1. The number of nitrogens with zero attached hydrogens (tertiary/aromatic N) is 3. The molecule has 1 atom stereocenters. The zero-order valence-electron chi connectivity index (χ0n) is 11.2. The Morgan fingerprint density at radius 3 is 3.05 bits per heavy atom. The Balaban J connectivity index is 1.73. The van der Waals surface area contributed by atoms with E-state index in [4.69, 9.17) is 4.74 Å². The molecular formula is C13H16N4O2S. The van der Waals surface area contributed by atoms with E-state index in [0.29, 0.717) is 32.1 Å². The molecule has 1 aliphatic heterocycles. The Hall–Kier alpha value is -1.73. The summed E-state index contributed by atoms with van der Waals surface area (Å²) < 4.78 is 5.26. The Labute approximate surface area is 120 Å². The lowest BCUT2D eigenvalue weighted by Gasteiger charge is -2.29. The highest BCUT2D eigenvalue weighted by Gasteiger charge is 2.23. The third kappa shape index (κ3) is 2.59. The van der Waals surface area contributed by atoms with Crippen LogP contribution in [0.2, 0.25) is 0 Å². The average molecular weight is 292 g/mol. The molecule has 0 spiro atoms. The maximum absolute atomic E-state index is 12.3. The van der Waals surface area contributed by atoms with Crippen molar-refractivity contribution >= 4 is 33.3 Å². The maximum atomic E-state index is 12.3. The predicted octanol–water partition coefficient (Wildman–Crippen LogP) is 1.35. The number of amides is 1. The molecular weight excluding hydrogens is 276 g/mol. The smallest absolute Gasteiger partial charge is 0.244 e. The van der Waals surface area contributed by atoms with Gasteiger partial charge in [0.1, 0.15) is 23.0 Å². The number of nitrogens with one attached hydrogen (secondary N) is 1. The quantitative estimate of drug-likeness (QED) is 0.925. The fraction of sp³-hybridized carbons (Fsp3) is 0.462. The van der Waals surface area contributed by atoms with Crippen molar-refractivity contribution in [1.82, 2.24) is 14.9 Å². The molecule has 1 aliphatic rings. The molecule has 1 fully saturated rings. The van der Waals surface area contributed by atoms with Crippen molar-refractivity contribution in [3.05, 3.63) is 17.8 Å². The summed E-state index contributed by atoms with van der Waals surface area (Å²) in [6, 6.07) is 1.65. The van der Waals surface area contributed by atoms with Gasteiger partial charge >= 0.3 is 0 Å². The molecule has 0 bridgehead atoms. The number of morpholine rings is 1. The number of hydrogen-bond acceptors (Lipinski definition) is 6. The van der Waals surface area contributed by atoms with Gasteiger partial charge in [-0.1, -0.05) is 0 Å². The van der Waals surface area contributed by atoms with Crippen molar-refractivity contribution in [3.8, 4) is 0 Å². The van der Waals surface area contributed by atoms with Crippen molar-refractivity contribution in [1.29, 1.82) is 0 Å². The minimum Gasteiger partial charge on any atom is -0.378 e. The lowest BCUT2D eigenvalue weighted by molar-refractivity contribution is -0.135. The molecule has 0 radical (unpaired) electrons. The molecule has 7 heteroatoms. The predicted molar refractivity (Wildman–Crippen MR) is 77.9 cm³/mol. The van der Waals surface area contributed by atoms with Crippen LogP contribution in [0.5, 0.6) is 0 Å². The van der Waals surface area contributed by atoms with E-state index < -0.39 is 0 Å². The van der Waals surface area contributed by atoms with Gasteiger partial charge in [0.15, 0.2) is 0 Å². The lowest BCUT2D eigenvalue weighted by Crippen LogP contribution is -2.47. The van der Waals surface area contributed by atoms with Gasteiger partial charge in [-0.15, -0.1) is 11.3 Å². The van der Waals surface area contributed by atoms with Crippen molar-refractivity contribution in [2.24, 2.45) is 0 Å². The number of fused-ring (bicyclic) bond motifs is 1. The number of aromatic nitrogens is 2. The van der Waals surface area contributed by atoms with E-state index in [1.165, 1.54) is 6.33 Å². The van der Waals surface area contributed by atoms with Gasteiger partial charge in [-0.25, -0.2) is 9.97 Å². The largest absolute Gasteiger partial charge is 0.378 e. The van der Waals surface area contributed by atoms with Crippen LogP contribution in [0.1, 0.15) is 6.92 Å². The van der Waals surface area contributed by atoms with E-state index in [1.54, 1.807) is 11.3 Å². The third-order valence-electron chi connectivity index (χ3n) is 3.31. The van der Waals surface area contributed by atoms with E-state index >= 15 is 0 Å². The van der Waals surface area contributed by atoms with Crippen LogP contribution in [0.4, 0.5) is 5.82 Å². The van der Waals surface area contributed by atoms with Gasteiger partial charge in [0.2, 0.25) is 5.91 Å². The highest BCUT2D eigenvalue weighted by molar-refractivity contribution is 7.16. The number of anilines is 1. The van der Waals surface area contributed by atoms with Crippen LogP contribution in [-0.4, -0.2) is 53.1 Å². The van der Waals surface area contributed by atoms with Crippen LogP contribution in [0.25, 0.3) is 10.2 Å². The second kappa shape index (κ2) is 5.72. The minimum absolute atomic E-state index is 0.0790. The molecule has 3 rings (SSSR count). The number of carbonyl (C=O) groups is 1. The molecule has 2 aromatic rings. The van der Waals surface area contributed by atoms with E-state index in [1.807, 2.05) is 23.3 Å². The molecule has 3 heterocycles. The van der Waals surface area contributed by atoms with Crippen LogP contribution >= 0.6 is 11.3 Å². The van der Waals surface area contributed by atoms with Gasteiger partial charge in [-0.3, -0.25) is 4.79 Å². The molecule has 1 amide bonds. The van der Waals surface area contributed by atoms with Gasteiger partial charge in [0, 0.05) is 13.1 Å². The lowest BCUT2D eigenvalue weighted by atomic mass is 10.2. The molecule has 1 saturated heterocycles. The molecule has 106 valence electrons. The first-order valence-electron chi connectivity index (χ1n) is 6.57. The summed E-state index contributed by atoms with van der Waals surface area (Å²) in [4.78, 5) is 23.5. The summed E-state index contributed by atoms with van der Waals surface area (Å²) in [6.07, 6.45) is 1.52. The number of ether oxygens (including phenoxy) is 1. The standard InChI is InChI=1S/C13H16N4O2S/c1-9(13(18)17-3-5-19-6-4-17)16-11-10-2-7-20-12(10)15-8-14-11/h2,7-9H,3-6H2,1H3,(H,14,15,16). The molecule has 6 nitrogen and oxygen atoms in total. The fourth-order valence-electron chi connectivity index (χ4n) is 2.23. The highest BCUT2D eigenvalue weighted by Crippen LogP contribution is 2.24. The molecule has 20 heavy (non-hydrogen) atoms. The number of rotatable bonds is 3. The van der Waals surface area contributed by atoms with E-state index in [9.17, 15) is 4.79 Å². The summed E-state index contributed by atoms with van der Waals surface area (Å²) >= 11 is 1.56. The molecule has 1 N–H and O–H groups in total. The van der Waals surface area contributed by atoms with Gasteiger partial charge in [-0.2, -0.15) is 0 Å². The summed E-state index contributed by atoms with van der Waals surface area (Å²) in [5, 5.41) is 6.12. The first-order valence-corrected chi connectivity index (χ1v) is 7.45. The molecule has 0 aliphatic carbocycles. The van der Waals surface area contributed by atoms with E-state index in [2.05, 4.69) is 15.3 Å². The van der Waals surface area contributed by atoms with Crippen molar-refractivity contribution in [3.63, 3.8) is 0 Å². The number of thiophene rings is 1. The third-order valence-corrected chi connectivity index (χ3v) is 4.13. The average Bonchev–Trinajstić information content (AvgIpc) is 2.97. The second-order valence-corrected chi connectivity index (χ2v) is 5.56. The number of hydrogen-bond donors (Lipinski definition) is 1. The molecule has 0 aromatic carbocycles. The molecule has 2 aromatic heterocycles. The highest BCUT2D eigenvalue weighted by atomic mass is 32.1. The summed E-state index contributed by atoms with van der Waals surface area (Å²) in [7, 11) is 0. The van der Waals surface area contributed by atoms with Gasteiger partial charge in [-0.05, 0) is 18.4 Å². The van der Waals surface area contributed by atoms with Crippen LogP contribution in [0.3, 0.4) is 0 Å². The first-order chi connectivity index (χ1) is 9.75. The Bertz CT molecular complexity index is 609. The van der Waals surface area contributed by atoms with Crippen molar-refractivity contribution < 1.29 is 9.53 Å². The summed E-state index contributed by atoms with van der Waals surface area (Å²) in [5.74, 6) is 0.792. The Morgan fingerprint density at radius 2 is 2.25 bits per heavy atom. The first kappa shape index (κ1) is 13.3. The second-order valence-electron chi connectivity index (χ2n) is 4.67. The molecule has 1 unspecified atom stereocenters. The van der Waals surface area contributed by atoms with Gasteiger partial charge in [0.25, 0.3) is 0 Å². The maximum Gasteiger partial charge on any atom is 0.244 e. The van der Waals surface area contributed by atoms with Crippen LogP contribution in [-0.2, 0) is 9.53 Å². The van der Waals surface area contributed by atoms with Crippen molar-refractivity contribution in [2.45, 2.75) is 13.0 Å². The summed E-state index contributed by atoms with van der Waals surface area (Å²) in [6.45, 7) is 4.39. The summed E-state index contributed by atoms with van der Waals surface area (Å²) in [5.41, 5.74) is 0. The van der Waals surface area contributed by atoms with Gasteiger partial charge < -0.3 is 15.0 Å². The zero-order chi connectivity index (χ0) is 13.9. The van der Waals surface area contributed by atoms with Crippen molar-refractivity contribution in [2.75, 3.05) is 31.6 Å².